The van der Waals surface area contributed by atoms with Gasteiger partial charge in [-0.05, 0) is 37.9 Å². The molecule has 0 saturated carbocycles. The predicted molar refractivity (Wildman–Crippen MR) is 55.3 cm³/mol. The lowest BCUT2D eigenvalue weighted by Crippen LogP contribution is -1.95. The first-order valence-electron chi connectivity index (χ1n) is 3.29. The van der Waals surface area contributed by atoms with E-state index in [1.807, 2.05) is 6.07 Å². The van der Waals surface area contributed by atoms with Crippen LogP contribution in [0.3, 0.4) is 0 Å². The van der Waals surface area contributed by atoms with E-state index in [9.17, 15) is 0 Å². The van der Waals surface area contributed by atoms with Crippen LogP contribution in [0, 0.1) is 0 Å². The highest BCUT2D eigenvalue weighted by Crippen LogP contribution is 2.25. The zero-order valence-corrected chi connectivity index (χ0v) is 9.43. The first kappa shape index (κ1) is 9.74. The maximum absolute atomic E-state index is 5.24. The van der Waals surface area contributed by atoms with E-state index in [0.29, 0.717) is 12.5 Å². The van der Waals surface area contributed by atoms with Gasteiger partial charge in [-0.15, -0.1) is 0 Å². The Morgan fingerprint density at radius 2 is 2.33 bits per heavy atom. The molecule has 0 aromatic carbocycles. The molecule has 0 spiro atoms. The minimum absolute atomic E-state index is 0.466. The van der Waals surface area contributed by atoms with Crippen molar-refractivity contribution in [3.05, 3.63) is 33.9 Å². The van der Waals surface area contributed by atoms with E-state index in [-0.39, 0.29) is 0 Å². The molecule has 0 amide bonds. The molecule has 0 bridgehead atoms. The van der Waals surface area contributed by atoms with Gasteiger partial charge in [0.1, 0.15) is 6.61 Å². The van der Waals surface area contributed by atoms with Gasteiger partial charge >= 0.3 is 0 Å². The highest BCUT2D eigenvalue weighted by Gasteiger charge is 2.01. The Bertz CT molecular complexity index is 288. The average Bonchev–Trinajstić information content (AvgIpc) is 2.03. The zero-order valence-electron chi connectivity index (χ0n) is 6.26. The van der Waals surface area contributed by atoms with E-state index in [0.717, 1.165) is 8.95 Å². The lowest BCUT2D eigenvalue weighted by molar-refractivity contribution is 0.346. The van der Waals surface area contributed by atoms with Crippen molar-refractivity contribution in [2.75, 3.05) is 6.61 Å². The maximum Gasteiger partial charge on any atom is 0.228 e. The van der Waals surface area contributed by atoms with Crippen LogP contribution in [0.4, 0.5) is 0 Å². The molecule has 1 aromatic heterocycles. The number of aromatic nitrogens is 1. The van der Waals surface area contributed by atoms with Gasteiger partial charge in [0.05, 0.1) is 4.47 Å². The molecule has 1 aromatic rings. The van der Waals surface area contributed by atoms with Crippen molar-refractivity contribution in [2.45, 2.75) is 0 Å². The van der Waals surface area contributed by atoms with E-state index in [4.69, 9.17) is 4.74 Å². The maximum atomic E-state index is 5.24. The Kier molecular flexibility index (Phi) is 3.75. The van der Waals surface area contributed by atoms with Gasteiger partial charge in [0.15, 0.2) is 0 Å². The molecule has 0 N–H and O–H groups in total. The summed E-state index contributed by atoms with van der Waals surface area (Å²) < 4.78 is 6.99. The van der Waals surface area contributed by atoms with Crippen LogP contribution in [0.1, 0.15) is 0 Å². The molecule has 0 aliphatic heterocycles. The van der Waals surface area contributed by atoms with Crippen LogP contribution < -0.4 is 4.74 Å². The number of hydrogen-bond acceptors (Lipinski definition) is 2. The van der Waals surface area contributed by atoms with Crippen LogP contribution in [0.15, 0.2) is 33.9 Å². The second-order valence-corrected chi connectivity index (χ2v) is 3.81. The smallest absolute Gasteiger partial charge is 0.228 e. The summed E-state index contributed by atoms with van der Waals surface area (Å²) in [4.78, 5) is 4.05. The van der Waals surface area contributed by atoms with Crippen molar-refractivity contribution in [3.8, 4) is 5.88 Å². The molecule has 12 heavy (non-hydrogen) atoms. The summed E-state index contributed by atoms with van der Waals surface area (Å²) in [5.41, 5.74) is 0. The summed E-state index contributed by atoms with van der Waals surface area (Å²) in [6, 6.07) is 1.88. The molecular weight excluding hydrogens is 286 g/mol. The van der Waals surface area contributed by atoms with Crippen LogP contribution in [-0.2, 0) is 0 Å². The van der Waals surface area contributed by atoms with Gasteiger partial charge in [-0.2, -0.15) is 0 Å². The van der Waals surface area contributed by atoms with Crippen LogP contribution in [-0.4, -0.2) is 11.6 Å². The van der Waals surface area contributed by atoms with E-state index in [2.05, 4.69) is 43.4 Å². The second-order valence-electron chi connectivity index (χ2n) is 2.04. The third-order valence-corrected chi connectivity index (χ3v) is 2.11. The fourth-order valence-corrected chi connectivity index (χ4v) is 1.75. The summed E-state index contributed by atoms with van der Waals surface area (Å²) >= 11 is 6.62. The molecule has 0 unspecified atom stereocenters. The predicted octanol–water partition coefficient (Wildman–Crippen LogP) is 3.17. The number of hydrogen-bond donors (Lipinski definition) is 0. The molecule has 1 rings (SSSR count). The van der Waals surface area contributed by atoms with Gasteiger partial charge in [0, 0.05) is 10.7 Å². The molecule has 1 heterocycles. The Hall–Kier alpha value is -0.350. The second kappa shape index (κ2) is 4.62. The molecule has 2 nitrogen and oxygen atoms in total. The Morgan fingerprint density at radius 1 is 1.58 bits per heavy atom. The van der Waals surface area contributed by atoms with Crippen molar-refractivity contribution in [1.29, 1.82) is 0 Å². The van der Waals surface area contributed by atoms with Crippen molar-refractivity contribution in [2.24, 2.45) is 0 Å². The topological polar surface area (TPSA) is 22.1 Å². The molecule has 4 heteroatoms. The first-order valence-corrected chi connectivity index (χ1v) is 4.87. The van der Waals surface area contributed by atoms with Crippen LogP contribution in [0.2, 0.25) is 0 Å². The standard InChI is InChI=1S/C8H7Br2NO/c1-2-3-12-8-7(10)4-6(9)5-11-8/h2,4-5H,1,3H2. The number of pyridine rings is 1. The summed E-state index contributed by atoms with van der Waals surface area (Å²) in [6.45, 7) is 4.01. The van der Waals surface area contributed by atoms with Crippen LogP contribution in [0.5, 0.6) is 5.88 Å². The molecule has 0 aliphatic rings. The lowest BCUT2D eigenvalue weighted by Gasteiger charge is -2.03. The van der Waals surface area contributed by atoms with Gasteiger partial charge in [-0.3, -0.25) is 0 Å². The number of nitrogens with zero attached hydrogens (tertiary/aromatic N) is 1. The summed E-state index contributed by atoms with van der Waals surface area (Å²) in [5.74, 6) is 0.582. The molecule has 0 saturated heterocycles. The summed E-state index contributed by atoms with van der Waals surface area (Å²) in [5, 5.41) is 0. The number of halogens is 2. The van der Waals surface area contributed by atoms with E-state index in [1.54, 1.807) is 12.3 Å². The third-order valence-electron chi connectivity index (χ3n) is 1.11. The van der Waals surface area contributed by atoms with Gasteiger partial charge in [0.2, 0.25) is 5.88 Å². The Balaban J connectivity index is 2.78. The zero-order chi connectivity index (χ0) is 8.97. The van der Waals surface area contributed by atoms with Crippen molar-refractivity contribution < 1.29 is 4.74 Å². The molecule has 64 valence electrons. The first-order chi connectivity index (χ1) is 5.74. The number of rotatable bonds is 3. The van der Waals surface area contributed by atoms with Gasteiger partial charge in [0.25, 0.3) is 0 Å². The van der Waals surface area contributed by atoms with E-state index < -0.39 is 0 Å². The molecule has 0 aliphatic carbocycles. The normalized spacial score (nSPS) is 9.50. The van der Waals surface area contributed by atoms with Crippen LogP contribution >= 0.6 is 31.9 Å². The van der Waals surface area contributed by atoms with Gasteiger partial charge < -0.3 is 4.74 Å². The Labute approximate surface area is 87.9 Å². The highest BCUT2D eigenvalue weighted by atomic mass is 79.9. The van der Waals surface area contributed by atoms with Crippen molar-refractivity contribution in [1.82, 2.24) is 4.98 Å². The van der Waals surface area contributed by atoms with E-state index in [1.165, 1.54) is 0 Å². The molecule has 0 fully saturated rings. The number of ether oxygens (including phenoxy) is 1. The summed E-state index contributed by atoms with van der Waals surface area (Å²) in [6.07, 6.45) is 3.36. The fraction of sp³-hybridized carbons (Fsp3) is 0.125. The van der Waals surface area contributed by atoms with E-state index >= 15 is 0 Å². The largest absolute Gasteiger partial charge is 0.473 e. The molecule has 0 radical (unpaired) electrons. The molecule has 0 atom stereocenters. The SMILES string of the molecule is C=CCOc1ncc(Br)cc1Br. The minimum Gasteiger partial charge on any atom is -0.473 e. The quantitative estimate of drug-likeness (QED) is 0.799. The summed E-state index contributed by atoms with van der Waals surface area (Å²) in [7, 11) is 0. The monoisotopic (exact) mass is 291 g/mol. The van der Waals surface area contributed by atoms with Gasteiger partial charge in [-0.1, -0.05) is 12.7 Å². The molecular formula is C8H7Br2NO. The highest BCUT2D eigenvalue weighted by molar-refractivity contribution is 9.11. The minimum atomic E-state index is 0.466. The van der Waals surface area contributed by atoms with Crippen molar-refractivity contribution >= 4 is 31.9 Å². The Morgan fingerprint density at radius 3 is 2.92 bits per heavy atom. The van der Waals surface area contributed by atoms with Crippen molar-refractivity contribution in [3.63, 3.8) is 0 Å². The van der Waals surface area contributed by atoms with Gasteiger partial charge in [-0.25, -0.2) is 4.98 Å². The lowest BCUT2D eigenvalue weighted by atomic mass is 10.5. The average molecular weight is 293 g/mol. The van der Waals surface area contributed by atoms with Crippen LogP contribution in [0.25, 0.3) is 0 Å². The third kappa shape index (κ3) is 2.60. The fourth-order valence-electron chi connectivity index (χ4n) is 0.646.